The lowest BCUT2D eigenvalue weighted by Gasteiger charge is -2.38. The lowest BCUT2D eigenvalue weighted by molar-refractivity contribution is 0.0907. The van der Waals surface area contributed by atoms with E-state index in [0.29, 0.717) is 22.6 Å². The van der Waals surface area contributed by atoms with Crippen LogP contribution in [0.3, 0.4) is 0 Å². The first-order valence-corrected chi connectivity index (χ1v) is 14.7. The highest BCUT2D eigenvalue weighted by molar-refractivity contribution is 7.09. The Balaban J connectivity index is 1.05. The molecule has 0 bridgehead atoms. The fraction of sp³-hybridized carbons (Fsp3) is 0.161. The van der Waals surface area contributed by atoms with Crippen LogP contribution in [0.25, 0.3) is 22.2 Å². The van der Waals surface area contributed by atoms with Crippen molar-refractivity contribution in [2.45, 2.75) is 19.2 Å². The minimum absolute atomic E-state index is 0.211. The van der Waals surface area contributed by atoms with Crippen molar-refractivity contribution in [3.63, 3.8) is 0 Å². The first-order chi connectivity index (χ1) is 20.6. The molecule has 42 heavy (non-hydrogen) atoms. The maximum Gasteiger partial charge on any atom is 0.141 e. The lowest BCUT2D eigenvalue weighted by atomic mass is 10.1. The van der Waals surface area contributed by atoms with Gasteiger partial charge in [0.1, 0.15) is 36.0 Å². The van der Waals surface area contributed by atoms with Crippen molar-refractivity contribution in [2.75, 3.05) is 18.4 Å². The van der Waals surface area contributed by atoms with Crippen LogP contribution < -0.4 is 10.1 Å². The molecule has 0 atom stereocenters. The Labute approximate surface area is 250 Å². The number of ether oxygens (including phenoxy) is 1. The molecule has 3 aromatic carbocycles. The Morgan fingerprint density at radius 1 is 1.02 bits per heavy atom. The van der Waals surface area contributed by atoms with Crippen LogP contribution in [-0.4, -0.2) is 43.0 Å². The van der Waals surface area contributed by atoms with Crippen LogP contribution in [0.2, 0.25) is 5.02 Å². The molecule has 0 amide bonds. The Morgan fingerprint density at radius 2 is 1.95 bits per heavy atom. The predicted octanol–water partition coefficient (Wildman–Crippen LogP) is 7.12. The normalized spacial score (nSPS) is 13.8. The van der Waals surface area contributed by atoms with Crippen molar-refractivity contribution in [3.05, 3.63) is 112 Å². The number of rotatable bonds is 9. The summed E-state index contributed by atoms with van der Waals surface area (Å²) >= 11 is 8.30. The van der Waals surface area contributed by atoms with Gasteiger partial charge in [0.15, 0.2) is 0 Å². The molecule has 0 unspecified atom stereocenters. The van der Waals surface area contributed by atoms with E-state index in [9.17, 15) is 4.39 Å². The summed E-state index contributed by atoms with van der Waals surface area (Å²) in [6, 6.07) is 22.3. The number of nitrogens with one attached hydrogen (secondary N) is 1. The molecule has 7 rings (SSSR count). The number of nitrogens with zero attached hydrogens (tertiary/aromatic N) is 6. The fourth-order valence-electron chi connectivity index (χ4n) is 4.99. The minimum atomic E-state index is -0.304. The smallest absolute Gasteiger partial charge is 0.141 e. The monoisotopic (exact) mass is 597 g/mol. The maximum atomic E-state index is 13.5. The van der Waals surface area contributed by atoms with Gasteiger partial charge in [-0.25, -0.2) is 19.0 Å². The fourth-order valence-corrected chi connectivity index (χ4v) is 5.97. The molecule has 8 nitrogen and oxygen atoms in total. The molecule has 0 aliphatic carbocycles. The third-order valence-corrected chi connectivity index (χ3v) is 8.35. The van der Waals surface area contributed by atoms with Gasteiger partial charge in [-0.15, -0.1) is 16.4 Å². The molecule has 1 fully saturated rings. The molecule has 3 aromatic heterocycles. The van der Waals surface area contributed by atoms with Crippen LogP contribution in [0.5, 0.6) is 5.75 Å². The number of halogens is 2. The van der Waals surface area contributed by atoms with Gasteiger partial charge in [0, 0.05) is 41.1 Å². The molecular formula is C31H25ClFN7OS. The van der Waals surface area contributed by atoms with Crippen molar-refractivity contribution in [3.8, 4) is 17.0 Å². The third-order valence-electron chi connectivity index (χ3n) is 7.19. The Kier molecular flexibility index (Phi) is 7.25. The number of fused-ring (bicyclic) bond motifs is 1. The molecule has 1 saturated heterocycles. The van der Waals surface area contributed by atoms with E-state index in [1.54, 1.807) is 35.6 Å². The largest absolute Gasteiger partial charge is 0.487 e. The third kappa shape index (κ3) is 5.69. The summed E-state index contributed by atoms with van der Waals surface area (Å²) in [4.78, 5) is 12.7. The zero-order valence-electron chi connectivity index (χ0n) is 22.3. The quantitative estimate of drug-likeness (QED) is 0.190. The Hall–Kier alpha value is -4.38. The van der Waals surface area contributed by atoms with E-state index < -0.39 is 0 Å². The van der Waals surface area contributed by atoms with Crippen molar-refractivity contribution >= 4 is 45.3 Å². The number of anilines is 2. The minimum Gasteiger partial charge on any atom is -0.487 e. The van der Waals surface area contributed by atoms with Crippen LogP contribution in [0, 0.1) is 5.82 Å². The number of hydrogen-bond donors (Lipinski definition) is 1. The first-order valence-electron chi connectivity index (χ1n) is 13.4. The zero-order chi connectivity index (χ0) is 28.5. The van der Waals surface area contributed by atoms with Crippen molar-refractivity contribution in [1.29, 1.82) is 0 Å². The Bertz CT molecular complexity index is 1860. The molecule has 4 heterocycles. The molecule has 6 aromatic rings. The summed E-state index contributed by atoms with van der Waals surface area (Å²) in [6.07, 6.45) is 3.53. The van der Waals surface area contributed by atoms with Crippen molar-refractivity contribution in [1.82, 2.24) is 29.9 Å². The molecular weight excluding hydrogens is 573 g/mol. The highest BCUT2D eigenvalue weighted by Gasteiger charge is 2.29. The number of aromatic nitrogens is 5. The molecule has 1 N–H and O–H groups in total. The van der Waals surface area contributed by atoms with Gasteiger partial charge in [-0.1, -0.05) is 41.1 Å². The van der Waals surface area contributed by atoms with Gasteiger partial charge in [0.2, 0.25) is 0 Å². The molecule has 1 aliphatic rings. The van der Waals surface area contributed by atoms with Crippen LogP contribution in [0.15, 0.2) is 90.7 Å². The summed E-state index contributed by atoms with van der Waals surface area (Å²) in [5.74, 6) is 0.842. The number of hydrogen-bond acceptors (Lipinski definition) is 8. The van der Waals surface area contributed by atoms with E-state index in [1.807, 2.05) is 35.1 Å². The van der Waals surface area contributed by atoms with Crippen LogP contribution >= 0.6 is 22.9 Å². The molecule has 0 radical (unpaired) electrons. The number of thiophene rings is 1. The van der Waals surface area contributed by atoms with Gasteiger partial charge in [-0.2, -0.15) is 0 Å². The molecule has 0 spiro atoms. The standard InChI is InChI=1S/C31H25ClFN7OS/c32-27-13-23(7-9-30(27)41-18-20-3-1-4-22(33)11-20)36-31-26-12-21(6-8-28(26)34-19-35-31)29-17-40(38-37-29)24-14-39(15-24)16-25-5-2-10-42-25/h1-13,17,19,24H,14-16,18H2,(H,34,35,36). The van der Waals surface area contributed by atoms with Gasteiger partial charge in [-0.05, 0) is 59.5 Å². The summed E-state index contributed by atoms with van der Waals surface area (Å²) < 4.78 is 21.2. The van der Waals surface area contributed by atoms with Gasteiger partial charge < -0.3 is 10.1 Å². The maximum absolute atomic E-state index is 13.5. The lowest BCUT2D eigenvalue weighted by Crippen LogP contribution is -2.47. The SMILES string of the molecule is Fc1cccc(COc2ccc(Nc3ncnc4ccc(-c5cn(C6CN(Cc7cccs7)C6)nn5)cc34)cc2Cl)c1. The van der Waals surface area contributed by atoms with Crippen LogP contribution in [-0.2, 0) is 13.2 Å². The van der Waals surface area contributed by atoms with Gasteiger partial charge in [-0.3, -0.25) is 4.90 Å². The van der Waals surface area contributed by atoms with Crippen molar-refractivity contribution in [2.24, 2.45) is 0 Å². The van der Waals surface area contributed by atoms with Gasteiger partial charge in [0.25, 0.3) is 0 Å². The topological polar surface area (TPSA) is 81.0 Å². The average Bonchev–Trinajstić information content (AvgIpc) is 3.67. The Morgan fingerprint density at radius 3 is 2.79 bits per heavy atom. The van der Waals surface area contributed by atoms with Crippen molar-refractivity contribution < 1.29 is 9.13 Å². The van der Waals surface area contributed by atoms with E-state index in [1.165, 1.54) is 23.3 Å². The second kappa shape index (κ2) is 11.5. The van der Waals surface area contributed by atoms with E-state index in [0.717, 1.165) is 53.0 Å². The van der Waals surface area contributed by atoms with Crippen LogP contribution in [0.1, 0.15) is 16.5 Å². The van der Waals surface area contributed by atoms with Gasteiger partial charge in [0.05, 0.1) is 22.8 Å². The van der Waals surface area contributed by atoms with E-state index in [2.05, 4.69) is 48.0 Å². The highest BCUT2D eigenvalue weighted by atomic mass is 35.5. The molecule has 11 heteroatoms. The summed E-state index contributed by atoms with van der Waals surface area (Å²) in [6.45, 7) is 3.10. The second-order valence-electron chi connectivity index (χ2n) is 10.2. The second-order valence-corrected chi connectivity index (χ2v) is 11.6. The molecule has 1 aliphatic heterocycles. The number of benzene rings is 3. The van der Waals surface area contributed by atoms with Crippen LogP contribution in [0.4, 0.5) is 15.9 Å². The summed E-state index contributed by atoms with van der Waals surface area (Å²) in [5, 5.41) is 15.6. The summed E-state index contributed by atoms with van der Waals surface area (Å²) in [7, 11) is 0. The van der Waals surface area contributed by atoms with E-state index >= 15 is 0 Å². The summed E-state index contributed by atoms with van der Waals surface area (Å²) in [5.41, 5.74) is 3.99. The number of likely N-dealkylation sites (tertiary alicyclic amines) is 1. The highest BCUT2D eigenvalue weighted by Crippen LogP contribution is 2.33. The van der Waals surface area contributed by atoms with E-state index in [-0.39, 0.29) is 12.4 Å². The molecule has 0 saturated carbocycles. The average molecular weight is 598 g/mol. The zero-order valence-corrected chi connectivity index (χ0v) is 23.9. The van der Waals surface area contributed by atoms with E-state index in [4.69, 9.17) is 16.3 Å². The first kappa shape index (κ1) is 26.5. The molecule has 210 valence electrons. The van der Waals surface area contributed by atoms with Gasteiger partial charge >= 0.3 is 0 Å². The predicted molar refractivity (Wildman–Crippen MR) is 163 cm³/mol.